The van der Waals surface area contributed by atoms with Crippen LogP contribution in [0.4, 0.5) is 11.4 Å². The second-order valence-electron chi connectivity index (χ2n) is 8.12. The number of nitro groups is 1. The van der Waals surface area contributed by atoms with Gasteiger partial charge in [0, 0.05) is 23.8 Å². The van der Waals surface area contributed by atoms with E-state index in [1.54, 1.807) is 18.2 Å². The van der Waals surface area contributed by atoms with Crippen LogP contribution >= 0.6 is 11.8 Å². The molecule has 2 aromatic rings. The number of ether oxygens (including phenoxy) is 1. The first-order valence-corrected chi connectivity index (χ1v) is 12.0. The van der Waals surface area contributed by atoms with E-state index in [0.717, 1.165) is 11.8 Å². The van der Waals surface area contributed by atoms with Crippen molar-refractivity contribution in [2.75, 3.05) is 18.2 Å². The molecule has 184 valence electrons. The second-order valence-corrected chi connectivity index (χ2v) is 9.11. The third-order valence-corrected chi connectivity index (χ3v) is 6.94. The zero-order chi connectivity index (χ0) is 25.8. The molecule has 3 N–H and O–H groups in total. The lowest BCUT2D eigenvalue weighted by atomic mass is 9.77. The highest BCUT2D eigenvalue weighted by atomic mass is 32.2. The number of nitriles is 1. The number of phenolic OH excluding ortho intramolecular Hbond substituents is 1. The highest BCUT2D eigenvalue weighted by Crippen LogP contribution is 2.45. The molecule has 2 aromatic carbocycles. The fraction of sp³-hybridized carbons (Fsp3) is 0.240. The van der Waals surface area contributed by atoms with Crippen LogP contribution in [-0.4, -0.2) is 34.6 Å². The number of nitrogens with zero attached hydrogens (tertiary/aromatic N) is 2. The quantitative estimate of drug-likeness (QED) is 0.372. The van der Waals surface area contributed by atoms with Gasteiger partial charge in [0.25, 0.3) is 5.69 Å². The molecular weight excluding hydrogens is 484 g/mol. The van der Waals surface area contributed by atoms with E-state index in [0.29, 0.717) is 41.1 Å². The standard InChI is InChI=1S/C25H22N4O6S/c1-35-21-11-14(9-10-19(21)30)23-15(12-26)25(28-17-6-4-8-20(31)24(17)23)36-13-22(32)27-16-5-2-3-7-18(16)29(33)34/h2-3,5,7,9-11,23,28,30H,4,6,8,13H2,1H3,(H,27,32). The lowest BCUT2D eigenvalue weighted by Gasteiger charge is -2.33. The minimum atomic E-state index is -0.686. The Morgan fingerprint density at radius 1 is 1.33 bits per heavy atom. The zero-order valence-corrected chi connectivity index (χ0v) is 20.1. The van der Waals surface area contributed by atoms with E-state index in [1.807, 2.05) is 0 Å². The fourth-order valence-corrected chi connectivity index (χ4v) is 5.17. The largest absolute Gasteiger partial charge is 0.504 e. The number of aromatic hydroxyl groups is 1. The van der Waals surface area contributed by atoms with Gasteiger partial charge in [-0.05, 0) is 36.6 Å². The van der Waals surface area contributed by atoms with Gasteiger partial charge in [-0.3, -0.25) is 19.7 Å². The van der Waals surface area contributed by atoms with Crippen molar-refractivity contribution in [1.82, 2.24) is 5.32 Å². The highest BCUT2D eigenvalue weighted by Gasteiger charge is 2.37. The number of benzene rings is 2. The minimum Gasteiger partial charge on any atom is -0.504 e. The van der Waals surface area contributed by atoms with Gasteiger partial charge in [-0.2, -0.15) is 5.26 Å². The van der Waals surface area contributed by atoms with Crippen molar-refractivity contribution in [3.05, 3.63) is 80.0 Å². The van der Waals surface area contributed by atoms with Crippen LogP contribution in [0.2, 0.25) is 0 Å². The molecule has 1 unspecified atom stereocenters. The highest BCUT2D eigenvalue weighted by molar-refractivity contribution is 8.03. The third-order valence-electron chi connectivity index (χ3n) is 5.92. The summed E-state index contributed by atoms with van der Waals surface area (Å²) in [5.74, 6) is -1.21. The van der Waals surface area contributed by atoms with Crippen molar-refractivity contribution in [2.45, 2.75) is 25.2 Å². The predicted octanol–water partition coefficient (Wildman–Crippen LogP) is 4.11. The average molecular weight is 507 g/mol. The maximum atomic E-state index is 12.9. The van der Waals surface area contributed by atoms with Crippen LogP contribution in [0.1, 0.15) is 30.7 Å². The van der Waals surface area contributed by atoms with E-state index in [9.17, 15) is 30.1 Å². The number of carbonyl (C=O) groups excluding carboxylic acids is 2. The van der Waals surface area contributed by atoms with Crippen LogP contribution in [0, 0.1) is 21.4 Å². The van der Waals surface area contributed by atoms with Crippen molar-refractivity contribution in [3.63, 3.8) is 0 Å². The fourth-order valence-electron chi connectivity index (χ4n) is 4.31. The van der Waals surface area contributed by atoms with Gasteiger partial charge in [0.1, 0.15) is 5.69 Å². The number of dihydropyridines is 1. The molecule has 36 heavy (non-hydrogen) atoms. The van der Waals surface area contributed by atoms with E-state index < -0.39 is 16.7 Å². The molecule has 0 fully saturated rings. The first kappa shape index (κ1) is 24.8. The van der Waals surface area contributed by atoms with Gasteiger partial charge >= 0.3 is 0 Å². The van der Waals surface area contributed by atoms with Gasteiger partial charge in [0.15, 0.2) is 17.3 Å². The molecule has 1 heterocycles. The van der Waals surface area contributed by atoms with Crippen molar-refractivity contribution < 1.29 is 24.4 Å². The average Bonchev–Trinajstić information content (AvgIpc) is 2.87. The lowest BCUT2D eigenvalue weighted by Crippen LogP contribution is -2.31. The molecule has 0 spiro atoms. The molecule has 0 bridgehead atoms. The molecule has 0 saturated heterocycles. The predicted molar refractivity (Wildman–Crippen MR) is 133 cm³/mol. The van der Waals surface area contributed by atoms with Gasteiger partial charge in [-0.1, -0.05) is 30.0 Å². The summed E-state index contributed by atoms with van der Waals surface area (Å²) in [6.45, 7) is 0. The van der Waals surface area contributed by atoms with E-state index in [4.69, 9.17) is 4.74 Å². The SMILES string of the molecule is COc1cc(C2C(C#N)=C(SCC(=O)Nc3ccccc3[N+](=O)[O-])NC3=C2C(=O)CCC3)ccc1O. The topological polar surface area (TPSA) is 155 Å². The molecule has 4 rings (SSSR count). The van der Waals surface area contributed by atoms with Crippen LogP contribution in [-0.2, 0) is 9.59 Å². The Labute approximate surface area is 210 Å². The number of anilines is 1. The molecule has 0 aromatic heterocycles. The van der Waals surface area contributed by atoms with Crippen LogP contribution in [0.15, 0.2) is 64.3 Å². The zero-order valence-electron chi connectivity index (χ0n) is 19.2. The number of hydrogen-bond acceptors (Lipinski definition) is 9. The summed E-state index contributed by atoms with van der Waals surface area (Å²) in [7, 11) is 1.41. The Bertz CT molecular complexity index is 1360. The third kappa shape index (κ3) is 4.89. The Kier molecular flexibility index (Phi) is 7.26. The Balaban J connectivity index is 1.64. The lowest BCUT2D eigenvalue weighted by molar-refractivity contribution is -0.383. The smallest absolute Gasteiger partial charge is 0.292 e. The monoisotopic (exact) mass is 506 g/mol. The maximum absolute atomic E-state index is 12.9. The van der Waals surface area contributed by atoms with Crippen molar-refractivity contribution in [2.24, 2.45) is 0 Å². The number of phenols is 1. The number of nitrogens with one attached hydrogen (secondary N) is 2. The number of ketones is 1. The summed E-state index contributed by atoms with van der Waals surface area (Å²) in [6.07, 6.45) is 1.64. The molecule has 10 nitrogen and oxygen atoms in total. The van der Waals surface area contributed by atoms with E-state index >= 15 is 0 Å². The summed E-state index contributed by atoms with van der Waals surface area (Å²) in [5, 5.41) is 37.5. The number of rotatable bonds is 7. The van der Waals surface area contributed by atoms with Gasteiger partial charge in [-0.25, -0.2) is 0 Å². The molecular formula is C25H22N4O6S. The second kappa shape index (κ2) is 10.5. The van der Waals surface area contributed by atoms with Gasteiger partial charge in [-0.15, -0.1) is 0 Å². The van der Waals surface area contributed by atoms with Crippen LogP contribution in [0.5, 0.6) is 11.5 Å². The summed E-state index contributed by atoms with van der Waals surface area (Å²) < 4.78 is 5.23. The van der Waals surface area contributed by atoms with Crippen LogP contribution < -0.4 is 15.4 Å². The van der Waals surface area contributed by atoms with Gasteiger partial charge in [0.2, 0.25) is 5.91 Å². The number of nitro benzene ring substituents is 1. The number of methoxy groups -OCH3 is 1. The number of thioether (sulfide) groups is 1. The Morgan fingerprint density at radius 2 is 2.11 bits per heavy atom. The van der Waals surface area contributed by atoms with Crippen LogP contribution in [0.3, 0.4) is 0 Å². The van der Waals surface area contributed by atoms with Crippen molar-refractivity contribution >= 4 is 34.8 Å². The molecule has 0 radical (unpaired) electrons. The minimum absolute atomic E-state index is 0.0632. The molecule has 0 saturated carbocycles. The van der Waals surface area contributed by atoms with E-state index in [-0.39, 0.29) is 40.0 Å². The maximum Gasteiger partial charge on any atom is 0.292 e. The Hall–Kier alpha value is -4.30. The summed E-state index contributed by atoms with van der Waals surface area (Å²) in [5.41, 5.74) is 1.92. The van der Waals surface area contributed by atoms with E-state index in [2.05, 4.69) is 16.7 Å². The number of para-hydroxylation sites is 2. The summed E-state index contributed by atoms with van der Waals surface area (Å²) in [4.78, 5) is 36.2. The normalized spacial score (nSPS) is 17.1. The van der Waals surface area contributed by atoms with Gasteiger partial charge in [0.05, 0.1) is 40.4 Å². The molecule has 1 aliphatic carbocycles. The molecule has 1 aliphatic heterocycles. The van der Waals surface area contributed by atoms with Gasteiger partial charge < -0.3 is 20.5 Å². The molecule has 11 heteroatoms. The first-order valence-electron chi connectivity index (χ1n) is 11.0. The van der Waals surface area contributed by atoms with Crippen molar-refractivity contribution in [1.29, 1.82) is 5.26 Å². The Morgan fingerprint density at radius 3 is 2.83 bits per heavy atom. The number of allylic oxidation sites excluding steroid dienone is 3. The molecule has 2 aliphatic rings. The van der Waals surface area contributed by atoms with Crippen LogP contribution in [0.25, 0.3) is 0 Å². The first-order chi connectivity index (χ1) is 17.3. The van der Waals surface area contributed by atoms with Crippen molar-refractivity contribution in [3.8, 4) is 17.6 Å². The summed E-state index contributed by atoms with van der Waals surface area (Å²) >= 11 is 1.08. The molecule has 1 atom stereocenters. The number of hydrogen-bond donors (Lipinski definition) is 3. The number of carbonyl (C=O) groups is 2. The molecule has 1 amide bonds. The number of amides is 1. The summed E-state index contributed by atoms with van der Waals surface area (Å²) in [6, 6.07) is 12.7. The van der Waals surface area contributed by atoms with E-state index in [1.165, 1.54) is 31.4 Å². The number of Topliss-reactive ketones (excluding diaryl/α,β-unsaturated/α-hetero) is 1.